The molecule has 0 bridgehead atoms. The van der Waals surface area contributed by atoms with Crippen molar-refractivity contribution in [2.24, 2.45) is 5.73 Å². The number of piperazine rings is 1. The van der Waals surface area contributed by atoms with Crippen LogP contribution in [0.25, 0.3) is 31.4 Å². The molecular formula is C28H35N7O2S. The van der Waals surface area contributed by atoms with Crippen LogP contribution in [0, 0.1) is 6.92 Å². The summed E-state index contributed by atoms with van der Waals surface area (Å²) in [6.45, 7) is 13.2. The van der Waals surface area contributed by atoms with E-state index in [2.05, 4.69) is 49.8 Å². The molecule has 6 heterocycles. The minimum atomic E-state index is -0.629. The number of fused-ring (bicyclic) bond motifs is 2. The van der Waals surface area contributed by atoms with Gasteiger partial charge in [-0.2, -0.15) is 0 Å². The van der Waals surface area contributed by atoms with E-state index >= 15 is 0 Å². The number of hydrogen-bond donors (Lipinski definition) is 2. The molecule has 2 fully saturated rings. The van der Waals surface area contributed by atoms with Crippen LogP contribution in [0.4, 0.5) is 5.82 Å². The number of carbonyl (C=O) groups is 1. The summed E-state index contributed by atoms with van der Waals surface area (Å²) in [6.07, 6.45) is 3.86. The van der Waals surface area contributed by atoms with Crippen molar-refractivity contribution in [3.05, 3.63) is 42.0 Å². The van der Waals surface area contributed by atoms with Crippen molar-refractivity contribution < 1.29 is 9.53 Å². The fourth-order valence-electron chi connectivity index (χ4n) is 5.53. The molecular weight excluding hydrogens is 498 g/mol. The molecule has 6 rings (SSSR count). The van der Waals surface area contributed by atoms with E-state index in [0.29, 0.717) is 13.2 Å². The van der Waals surface area contributed by atoms with E-state index in [-0.39, 0.29) is 5.91 Å². The number of aryl methyl sites for hydroxylation is 1. The number of amides is 1. The number of anilines is 1. The summed E-state index contributed by atoms with van der Waals surface area (Å²) in [5.41, 5.74) is 9.44. The molecule has 0 saturated carbocycles. The fraction of sp³-hybridized carbons (Fsp3) is 0.464. The van der Waals surface area contributed by atoms with Crippen LogP contribution >= 0.6 is 11.3 Å². The van der Waals surface area contributed by atoms with Gasteiger partial charge in [0.1, 0.15) is 5.82 Å². The van der Waals surface area contributed by atoms with Gasteiger partial charge in [0.25, 0.3) is 0 Å². The number of hydrogen-bond acceptors (Lipinski definition) is 8. The molecule has 2 aliphatic heterocycles. The van der Waals surface area contributed by atoms with Crippen LogP contribution in [0.1, 0.15) is 25.2 Å². The Morgan fingerprint density at radius 2 is 1.84 bits per heavy atom. The van der Waals surface area contributed by atoms with Crippen molar-refractivity contribution in [3.63, 3.8) is 0 Å². The van der Waals surface area contributed by atoms with Crippen LogP contribution in [0.2, 0.25) is 0 Å². The lowest BCUT2D eigenvalue weighted by Crippen LogP contribution is -2.59. The van der Waals surface area contributed by atoms with Crippen LogP contribution < -0.4 is 10.6 Å². The first-order valence-electron chi connectivity index (χ1n) is 13.3. The Morgan fingerprint density at radius 1 is 1.08 bits per heavy atom. The molecule has 4 aromatic heterocycles. The van der Waals surface area contributed by atoms with Gasteiger partial charge in [0, 0.05) is 83.6 Å². The fourth-order valence-corrected chi connectivity index (χ4v) is 6.68. The van der Waals surface area contributed by atoms with Gasteiger partial charge in [-0.05, 0) is 39.0 Å². The van der Waals surface area contributed by atoms with Gasteiger partial charge in [-0.3, -0.25) is 19.6 Å². The highest BCUT2D eigenvalue weighted by atomic mass is 32.1. The first-order valence-corrected chi connectivity index (χ1v) is 14.1. The second-order valence-corrected chi connectivity index (χ2v) is 11.9. The van der Waals surface area contributed by atoms with Crippen molar-refractivity contribution in [1.82, 2.24) is 24.8 Å². The number of H-pyrrole nitrogens is 1. The van der Waals surface area contributed by atoms with Gasteiger partial charge in [-0.15, -0.1) is 11.3 Å². The zero-order valence-electron chi connectivity index (χ0n) is 22.3. The molecule has 38 heavy (non-hydrogen) atoms. The Bertz CT molecular complexity index is 1480. The summed E-state index contributed by atoms with van der Waals surface area (Å²) < 4.78 is 6.88. The Labute approximate surface area is 226 Å². The van der Waals surface area contributed by atoms with E-state index in [9.17, 15) is 4.79 Å². The number of nitrogens with zero attached hydrogens (tertiary/aromatic N) is 5. The number of ether oxygens (including phenoxy) is 1. The van der Waals surface area contributed by atoms with Crippen molar-refractivity contribution in [2.45, 2.75) is 32.9 Å². The second-order valence-electron chi connectivity index (χ2n) is 10.8. The molecule has 2 aliphatic rings. The van der Waals surface area contributed by atoms with Crippen LogP contribution in [0.3, 0.4) is 0 Å². The van der Waals surface area contributed by atoms with Crippen LogP contribution in [-0.4, -0.2) is 88.7 Å². The highest BCUT2D eigenvalue weighted by Gasteiger charge is 2.34. The van der Waals surface area contributed by atoms with Gasteiger partial charge in [-0.25, -0.2) is 4.98 Å². The highest BCUT2D eigenvalue weighted by Crippen LogP contribution is 2.40. The second kappa shape index (κ2) is 9.92. The summed E-state index contributed by atoms with van der Waals surface area (Å²) in [6, 6.07) is 6.73. The zero-order chi connectivity index (χ0) is 26.4. The van der Waals surface area contributed by atoms with Crippen LogP contribution in [0.15, 0.2) is 30.6 Å². The van der Waals surface area contributed by atoms with Gasteiger partial charge in [-0.1, -0.05) is 0 Å². The van der Waals surface area contributed by atoms with Gasteiger partial charge in [0.2, 0.25) is 5.91 Å². The molecule has 0 atom stereocenters. The van der Waals surface area contributed by atoms with Crippen molar-refractivity contribution in [3.8, 4) is 10.4 Å². The smallest absolute Gasteiger partial charge is 0.237 e. The lowest BCUT2D eigenvalue weighted by Gasteiger charge is -2.42. The number of rotatable bonds is 6. The SMILES string of the molecule is Cc1cc2c(-c3cc4c(N5CCOCC5)nc(CN5CCN(C(C)(C)C(N)=O)CC5)cc4s3)cncc2[nH]1. The molecule has 0 aliphatic carbocycles. The molecule has 0 aromatic carbocycles. The number of thiophene rings is 1. The number of pyridine rings is 2. The van der Waals surface area contributed by atoms with Crippen molar-refractivity contribution in [1.29, 1.82) is 0 Å². The average Bonchev–Trinajstić information content (AvgIpc) is 3.51. The molecule has 1 amide bonds. The summed E-state index contributed by atoms with van der Waals surface area (Å²) in [5.74, 6) is 0.768. The summed E-state index contributed by atoms with van der Waals surface area (Å²) in [4.78, 5) is 33.2. The Morgan fingerprint density at radius 3 is 2.58 bits per heavy atom. The van der Waals surface area contributed by atoms with E-state index in [1.807, 2.05) is 26.2 Å². The maximum atomic E-state index is 11.9. The van der Waals surface area contributed by atoms with Crippen LogP contribution in [0.5, 0.6) is 0 Å². The third-order valence-corrected chi connectivity index (χ3v) is 9.07. The standard InChI is InChI=1S/C28H35N7O2S/c1-18-12-20-22(15-30-16-23(20)31-18)25-14-21-24(38-25)13-19(32-26(21)34-8-10-37-11-9-34)17-33-4-6-35(7-5-33)28(2,3)27(29)36/h12-16,31H,4-11,17H2,1-3H3,(H2,29,36). The molecule has 2 saturated heterocycles. The largest absolute Gasteiger partial charge is 0.378 e. The minimum absolute atomic E-state index is 0.276. The molecule has 200 valence electrons. The predicted octanol–water partition coefficient (Wildman–Crippen LogP) is 3.37. The van der Waals surface area contributed by atoms with E-state index in [1.54, 1.807) is 11.3 Å². The Hall–Kier alpha value is -3.05. The van der Waals surface area contributed by atoms with Crippen molar-refractivity contribution >= 4 is 44.1 Å². The first-order chi connectivity index (χ1) is 18.3. The topological polar surface area (TPSA) is 104 Å². The molecule has 9 nitrogen and oxygen atoms in total. The monoisotopic (exact) mass is 533 g/mol. The average molecular weight is 534 g/mol. The van der Waals surface area contributed by atoms with Gasteiger partial charge >= 0.3 is 0 Å². The number of aromatic amines is 1. The number of primary amides is 1. The number of nitrogens with two attached hydrogens (primary N) is 1. The molecule has 10 heteroatoms. The van der Waals surface area contributed by atoms with E-state index in [1.165, 1.54) is 20.3 Å². The molecule has 4 aromatic rings. The quantitative estimate of drug-likeness (QED) is 0.392. The normalized spacial score (nSPS) is 18.0. The van der Waals surface area contributed by atoms with Crippen LogP contribution in [-0.2, 0) is 16.1 Å². The number of nitrogens with one attached hydrogen (secondary N) is 1. The molecule has 3 N–H and O–H groups in total. The number of carbonyl (C=O) groups excluding carboxylic acids is 1. The summed E-state index contributed by atoms with van der Waals surface area (Å²) in [7, 11) is 0. The summed E-state index contributed by atoms with van der Waals surface area (Å²) in [5, 5.41) is 2.38. The Balaban J connectivity index is 1.32. The molecule has 0 radical (unpaired) electrons. The van der Waals surface area contributed by atoms with E-state index in [4.69, 9.17) is 15.5 Å². The molecule has 0 spiro atoms. The maximum Gasteiger partial charge on any atom is 0.237 e. The van der Waals surface area contributed by atoms with Gasteiger partial charge in [0.05, 0.1) is 36.2 Å². The summed E-state index contributed by atoms with van der Waals surface area (Å²) >= 11 is 1.81. The van der Waals surface area contributed by atoms with Gasteiger partial charge < -0.3 is 20.4 Å². The van der Waals surface area contributed by atoms with Crippen molar-refractivity contribution in [2.75, 3.05) is 57.4 Å². The Kier molecular flexibility index (Phi) is 6.59. The zero-order valence-corrected chi connectivity index (χ0v) is 23.1. The first kappa shape index (κ1) is 25.2. The third kappa shape index (κ3) is 4.66. The van der Waals surface area contributed by atoms with E-state index in [0.717, 1.165) is 74.1 Å². The number of aromatic nitrogens is 3. The lowest BCUT2D eigenvalue weighted by molar-refractivity contribution is -0.129. The third-order valence-electron chi connectivity index (χ3n) is 7.96. The molecule has 0 unspecified atom stereocenters. The van der Waals surface area contributed by atoms with Gasteiger partial charge in [0.15, 0.2) is 0 Å². The lowest BCUT2D eigenvalue weighted by atomic mass is 10.0. The van der Waals surface area contributed by atoms with E-state index < -0.39 is 5.54 Å². The maximum absolute atomic E-state index is 11.9. The highest BCUT2D eigenvalue weighted by molar-refractivity contribution is 7.22. The minimum Gasteiger partial charge on any atom is -0.378 e. The predicted molar refractivity (Wildman–Crippen MR) is 153 cm³/mol. The number of morpholine rings is 1.